The van der Waals surface area contributed by atoms with E-state index in [0.717, 1.165) is 0 Å². The molecule has 0 bridgehead atoms. The van der Waals surface area contributed by atoms with Gasteiger partial charge in [-0.05, 0) is 32.9 Å². The number of β-lactam (4-membered cyclic amide) rings is 1. The number of aliphatic carboxylic acids is 1. The fraction of sp³-hybridized carbons (Fsp3) is 0.444. The largest absolute Gasteiger partial charge is 0.496 e. The van der Waals surface area contributed by atoms with Gasteiger partial charge in [0, 0.05) is 4.75 Å². The Morgan fingerprint density at radius 2 is 1.89 bits per heavy atom. The lowest BCUT2D eigenvalue weighted by Crippen LogP contribution is -2.82. The lowest BCUT2D eigenvalue weighted by molar-refractivity contribution is -0.170. The highest BCUT2D eigenvalue weighted by Gasteiger charge is 2.74. The number of ketones is 1. The molecule has 2 N–H and O–H groups in total. The first-order chi connectivity index (χ1) is 12.6. The number of fused-ring (bicyclic) bond motifs is 1. The molecule has 144 valence electrons. The molecule has 0 unspecified atom stereocenters. The molecule has 0 spiro atoms. The molecule has 1 aromatic carbocycles. The number of benzene rings is 1. The summed E-state index contributed by atoms with van der Waals surface area (Å²) in [6.07, 6.45) is 0. The van der Waals surface area contributed by atoms with Crippen LogP contribution in [0.1, 0.15) is 31.1 Å². The molecule has 2 amide bonds. The van der Waals surface area contributed by atoms with Crippen LogP contribution < -0.4 is 10.1 Å². The number of carbonyl (C=O) groups excluding carboxylic acids is 3. The number of carboxylic acid groups (broad SMARTS) is 1. The minimum atomic E-state index is -1.79. The molecule has 2 aliphatic rings. The number of nitrogens with zero attached hydrogens (tertiary/aromatic N) is 1. The molecule has 9 heteroatoms. The SMILES string of the molecule is COc1ccccc1C(=O)N[C@@]1(C(C)=O)C(=O)N2[C@@H](C(=O)O)C(C)(C)S[C@@H]21. The second-order valence-corrected chi connectivity index (χ2v) is 8.78. The van der Waals surface area contributed by atoms with Gasteiger partial charge in [-0.25, -0.2) is 4.79 Å². The average Bonchev–Trinajstić information content (AvgIpc) is 2.87. The standard InChI is InChI=1S/C18H20N2O6S/c1-9(21)18(19-13(22)10-7-5-6-8-11(10)26-4)15(25)20-12(14(23)24)17(2,3)27-16(18)20/h5-8,12,16H,1-4H3,(H,19,22)(H,23,24)/t12-,16+,18-/m0/s1. The van der Waals surface area contributed by atoms with Crippen molar-refractivity contribution in [1.29, 1.82) is 0 Å². The van der Waals surface area contributed by atoms with Crippen LogP contribution in [0.4, 0.5) is 0 Å². The third-order valence-corrected chi connectivity index (χ3v) is 6.63. The highest BCUT2D eigenvalue weighted by atomic mass is 32.2. The van der Waals surface area contributed by atoms with E-state index in [0.29, 0.717) is 5.75 Å². The Balaban J connectivity index is 1.98. The molecule has 2 fully saturated rings. The number of rotatable bonds is 5. The minimum Gasteiger partial charge on any atom is -0.496 e. The van der Waals surface area contributed by atoms with E-state index < -0.39 is 45.3 Å². The number of ether oxygens (including phenoxy) is 1. The van der Waals surface area contributed by atoms with Gasteiger partial charge < -0.3 is 20.1 Å². The Kier molecular flexibility index (Phi) is 4.46. The number of carboxylic acids is 1. The molecule has 0 saturated carbocycles. The number of carbonyl (C=O) groups is 4. The van der Waals surface area contributed by atoms with Crippen molar-refractivity contribution in [2.75, 3.05) is 7.11 Å². The molecule has 2 saturated heterocycles. The van der Waals surface area contributed by atoms with Crippen LogP contribution in [0, 0.1) is 0 Å². The summed E-state index contributed by atoms with van der Waals surface area (Å²) in [7, 11) is 1.41. The highest BCUT2D eigenvalue weighted by molar-refractivity contribution is 8.01. The number of hydrogen-bond donors (Lipinski definition) is 2. The third kappa shape index (κ3) is 2.60. The molecule has 3 rings (SSSR count). The monoisotopic (exact) mass is 392 g/mol. The summed E-state index contributed by atoms with van der Waals surface area (Å²) in [4.78, 5) is 51.0. The van der Waals surface area contributed by atoms with Crippen molar-refractivity contribution < 1.29 is 29.0 Å². The molecule has 8 nitrogen and oxygen atoms in total. The second kappa shape index (κ2) is 6.26. The van der Waals surface area contributed by atoms with Gasteiger partial charge in [0.1, 0.15) is 17.2 Å². The maximum absolute atomic E-state index is 12.9. The van der Waals surface area contributed by atoms with E-state index in [4.69, 9.17) is 4.74 Å². The van der Waals surface area contributed by atoms with Crippen LogP contribution >= 0.6 is 11.8 Å². The molecule has 0 aliphatic carbocycles. The van der Waals surface area contributed by atoms with Gasteiger partial charge >= 0.3 is 5.97 Å². The zero-order chi connectivity index (χ0) is 20.1. The van der Waals surface area contributed by atoms with E-state index >= 15 is 0 Å². The smallest absolute Gasteiger partial charge is 0.327 e. The Morgan fingerprint density at radius 1 is 1.26 bits per heavy atom. The van der Waals surface area contributed by atoms with Gasteiger partial charge in [-0.15, -0.1) is 11.8 Å². The van der Waals surface area contributed by atoms with Crippen molar-refractivity contribution in [3.8, 4) is 5.75 Å². The maximum Gasteiger partial charge on any atom is 0.327 e. The van der Waals surface area contributed by atoms with Crippen LogP contribution in [-0.4, -0.2) is 62.4 Å². The molecule has 2 heterocycles. The summed E-state index contributed by atoms with van der Waals surface area (Å²) in [5, 5.41) is 11.3. The lowest BCUT2D eigenvalue weighted by atomic mass is 9.81. The fourth-order valence-electron chi connectivity index (χ4n) is 3.67. The lowest BCUT2D eigenvalue weighted by Gasteiger charge is -2.51. The number of amides is 2. The second-order valence-electron chi connectivity index (χ2n) is 7.05. The first-order valence-electron chi connectivity index (χ1n) is 8.28. The number of Topliss-reactive ketones (excluding diaryl/α,β-unsaturated/α-hetero) is 1. The van der Waals surface area contributed by atoms with Gasteiger partial charge in [-0.3, -0.25) is 14.4 Å². The van der Waals surface area contributed by atoms with Crippen LogP contribution in [0.25, 0.3) is 0 Å². The van der Waals surface area contributed by atoms with Crippen molar-refractivity contribution >= 4 is 35.3 Å². The van der Waals surface area contributed by atoms with Crippen LogP contribution in [0.5, 0.6) is 5.75 Å². The molecule has 0 aromatic heterocycles. The number of methoxy groups -OCH3 is 1. The summed E-state index contributed by atoms with van der Waals surface area (Å²) >= 11 is 1.20. The Labute approximate surface area is 160 Å². The molecule has 1 aromatic rings. The van der Waals surface area contributed by atoms with Crippen molar-refractivity contribution in [2.45, 2.75) is 42.5 Å². The molecular formula is C18H20N2O6S. The number of hydrogen-bond acceptors (Lipinski definition) is 6. The third-order valence-electron chi connectivity index (χ3n) is 5.00. The van der Waals surface area contributed by atoms with E-state index in [9.17, 15) is 24.3 Å². The fourth-order valence-corrected chi connectivity index (χ4v) is 5.42. The number of nitrogens with one attached hydrogen (secondary N) is 1. The number of thioether (sulfide) groups is 1. The Morgan fingerprint density at radius 3 is 2.44 bits per heavy atom. The van der Waals surface area contributed by atoms with E-state index in [1.165, 1.54) is 36.8 Å². The maximum atomic E-state index is 12.9. The Hall–Kier alpha value is -2.55. The van der Waals surface area contributed by atoms with Gasteiger partial charge in [-0.1, -0.05) is 12.1 Å². The first-order valence-corrected chi connectivity index (χ1v) is 9.16. The van der Waals surface area contributed by atoms with Crippen molar-refractivity contribution in [2.24, 2.45) is 0 Å². The number of para-hydroxylation sites is 1. The average molecular weight is 392 g/mol. The van der Waals surface area contributed by atoms with Crippen molar-refractivity contribution in [3.05, 3.63) is 29.8 Å². The van der Waals surface area contributed by atoms with Crippen LogP contribution in [0.2, 0.25) is 0 Å². The Bertz CT molecular complexity index is 854. The van der Waals surface area contributed by atoms with Gasteiger partial charge in [-0.2, -0.15) is 0 Å². The van der Waals surface area contributed by atoms with Crippen molar-refractivity contribution in [1.82, 2.24) is 10.2 Å². The van der Waals surface area contributed by atoms with Gasteiger partial charge in [0.05, 0.1) is 12.7 Å². The van der Waals surface area contributed by atoms with Crippen LogP contribution in [0.15, 0.2) is 24.3 Å². The van der Waals surface area contributed by atoms with E-state index in [2.05, 4.69) is 5.32 Å². The predicted octanol–water partition coefficient (Wildman–Crippen LogP) is 0.900. The van der Waals surface area contributed by atoms with E-state index in [-0.39, 0.29) is 5.56 Å². The topological polar surface area (TPSA) is 113 Å². The van der Waals surface area contributed by atoms with Crippen molar-refractivity contribution in [3.63, 3.8) is 0 Å². The summed E-state index contributed by atoms with van der Waals surface area (Å²) in [5.74, 6) is -2.70. The zero-order valence-electron chi connectivity index (χ0n) is 15.3. The minimum absolute atomic E-state index is 0.184. The summed E-state index contributed by atoms with van der Waals surface area (Å²) in [6.45, 7) is 4.63. The quantitative estimate of drug-likeness (QED) is 0.565. The molecule has 0 radical (unpaired) electrons. The summed E-state index contributed by atoms with van der Waals surface area (Å²) in [6, 6.07) is 5.38. The highest BCUT2D eigenvalue weighted by Crippen LogP contribution is 2.55. The van der Waals surface area contributed by atoms with Crippen LogP contribution in [-0.2, 0) is 14.4 Å². The summed E-state index contributed by atoms with van der Waals surface area (Å²) in [5.41, 5.74) is -1.60. The van der Waals surface area contributed by atoms with E-state index in [1.807, 2.05) is 0 Å². The first kappa shape index (κ1) is 19.2. The summed E-state index contributed by atoms with van der Waals surface area (Å²) < 4.78 is 4.36. The zero-order valence-corrected chi connectivity index (χ0v) is 16.1. The van der Waals surface area contributed by atoms with E-state index in [1.54, 1.807) is 32.0 Å². The molecule has 3 atom stereocenters. The van der Waals surface area contributed by atoms with Gasteiger partial charge in [0.25, 0.3) is 11.8 Å². The van der Waals surface area contributed by atoms with Gasteiger partial charge in [0.15, 0.2) is 5.78 Å². The molecule has 27 heavy (non-hydrogen) atoms. The normalized spacial score (nSPS) is 28.1. The molecule has 2 aliphatic heterocycles. The van der Waals surface area contributed by atoms with Gasteiger partial charge in [0.2, 0.25) is 5.54 Å². The molecular weight excluding hydrogens is 372 g/mol. The van der Waals surface area contributed by atoms with Crippen LogP contribution in [0.3, 0.4) is 0 Å². The predicted molar refractivity (Wildman–Crippen MR) is 97.6 cm³/mol.